The summed E-state index contributed by atoms with van der Waals surface area (Å²) in [6.45, 7) is 8.65. The van der Waals surface area contributed by atoms with Crippen molar-refractivity contribution in [2.75, 3.05) is 6.54 Å². The number of nitrogens with one attached hydrogen (secondary N) is 1. The lowest BCUT2D eigenvalue weighted by Crippen LogP contribution is -2.13. The summed E-state index contributed by atoms with van der Waals surface area (Å²) in [6, 6.07) is 15.8. The highest BCUT2D eigenvalue weighted by Crippen LogP contribution is 2.25. The summed E-state index contributed by atoms with van der Waals surface area (Å²) >= 11 is 0. The Morgan fingerprint density at radius 2 is 1.57 bits per heavy atom. The van der Waals surface area contributed by atoms with Gasteiger partial charge in [0.25, 0.3) is 0 Å². The highest BCUT2D eigenvalue weighted by molar-refractivity contribution is 5.68. The molecular formula is C20H27N. The fourth-order valence-corrected chi connectivity index (χ4v) is 2.64. The standard InChI is InChI=1S/C20H27N/c1-4-6-17-9-11-19(12-10-17)20-14-18(8-7-16(20)3)15-21-13-5-2/h7-12,14,21H,4-6,13,15H2,1-3H3. The van der Waals surface area contributed by atoms with E-state index in [4.69, 9.17) is 0 Å². The van der Waals surface area contributed by atoms with Crippen molar-refractivity contribution in [3.63, 3.8) is 0 Å². The van der Waals surface area contributed by atoms with Crippen LogP contribution in [0.5, 0.6) is 0 Å². The van der Waals surface area contributed by atoms with Crippen LogP contribution in [-0.4, -0.2) is 6.54 Å². The number of benzene rings is 2. The normalized spacial score (nSPS) is 10.8. The van der Waals surface area contributed by atoms with Gasteiger partial charge < -0.3 is 5.32 Å². The molecule has 2 rings (SSSR count). The minimum atomic E-state index is 0.953. The van der Waals surface area contributed by atoms with E-state index in [0.717, 1.165) is 13.1 Å². The van der Waals surface area contributed by atoms with Gasteiger partial charge in [0.1, 0.15) is 0 Å². The average molecular weight is 281 g/mol. The lowest BCUT2D eigenvalue weighted by molar-refractivity contribution is 0.675. The molecule has 0 aliphatic heterocycles. The Bertz CT molecular complexity index is 555. The topological polar surface area (TPSA) is 12.0 Å². The van der Waals surface area contributed by atoms with Gasteiger partial charge in [-0.1, -0.05) is 56.7 Å². The fourth-order valence-electron chi connectivity index (χ4n) is 2.64. The molecular weight excluding hydrogens is 254 g/mol. The van der Waals surface area contributed by atoms with Gasteiger partial charge in [0, 0.05) is 6.54 Å². The molecule has 112 valence electrons. The minimum Gasteiger partial charge on any atom is -0.313 e. The first kappa shape index (κ1) is 15.8. The van der Waals surface area contributed by atoms with Crippen LogP contribution >= 0.6 is 0 Å². The van der Waals surface area contributed by atoms with Crippen molar-refractivity contribution >= 4 is 0 Å². The Hall–Kier alpha value is -1.60. The SMILES string of the molecule is CCCNCc1ccc(C)c(-c2ccc(CCC)cc2)c1. The van der Waals surface area contributed by atoms with Gasteiger partial charge in [-0.3, -0.25) is 0 Å². The molecule has 1 N–H and O–H groups in total. The Balaban J connectivity index is 2.19. The van der Waals surface area contributed by atoms with E-state index in [0.29, 0.717) is 0 Å². The molecule has 2 aromatic rings. The van der Waals surface area contributed by atoms with Gasteiger partial charge in [-0.25, -0.2) is 0 Å². The van der Waals surface area contributed by atoms with Gasteiger partial charge in [-0.2, -0.15) is 0 Å². The predicted molar refractivity (Wildman–Crippen MR) is 92.6 cm³/mol. The van der Waals surface area contributed by atoms with E-state index in [1.165, 1.54) is 47.1 Å². The van der Waals surface area contributed by atoms with Crippen molar-refractivity contribution < 1.29 is 0 Å². The van der Waals surface area contributed by atoms with Crippen LogP contribution in [0.2, 0.25) is 0 Å². The third-order valence-electron chi connectivity index (χ3n) is 3.86. The van der Waals surface area contributed by atoms with Gasteiger partial charge in [-0.15, -0.1) is 0 Å². The van der Waals surface area contributed by atoms with Crippen molar-refractivity contribution in [1.29, 1.82) is 0 Å². The van der Waals surface area contributed by atoms with E-state index in [2.05, 4.69) is 68.6 Å². The molecule has 21 heavy (non-hydrogen) atoms. The monoisotopic (exact) mass is 281 g/mol. The van der Waals surface area contributed by atoms with Crippen molar-refractivity contribution in [3.05, 3.63) is 59.2 Å². The van der Waals surface area contributed by atoms with Crippen LogP contribution in [0.1, 0.15) is 43.4 Å². The third kappa shape index (κ3) is 4.44. The molecule has 0 bridgehead atoms. The zero-order chi connectivity index (χ0) is 15.1. The third-order valence-corrected chi connectivity index (χ3v) is 3.86. The van der Waals surface area contributed by atoms with Crippen molar-refractivity contribution in [1.82, 2.24) is 5.32 Å². The van der Waals surface area contributed by atoms with Crippen molar-refractivity contribution in [3.8, 4) is 11.1 Å². The lowest BCUT2D eigenvalue weighted by atomic mass is 9.96. The summed E-state index contributed by atoms with van der Waals surface area (Å²) in [4.78, 5) is 0. The highest BCUT2D eigenvalue weighted by Gasteiger charge is 2.04. The quantitative estimate of drug-likeness (QED) is 0.695. The van der Waals surface area contributed by atoms with Gasteiger partial charge >= 0.3 is 0 Å². The fraction of sp³-hybridized carbons (Fsp3) is 0.400. The second-order valence-electron chi connectivity index (χ2n) is 5.77. The molecule has 0 saturated heterocycles. The van der Waals surface area contributed by atoms with Gasteiger partial charge in [-0.05, 0) is 60.2 Å². The molecule has 0 saturated carbocycles. The molecule has 0 amide bonds. The van der Waals surface area contributed by atoms with E-state index in [1.54, 1.807) is 0 Å². The Morgan fingerprint density at radius 1 is 0.857 bits per heavy atom. The van der Waals surface area contributed by atoms with Gasteiger partial charge in [0.2, 0.25) is 0 Å². The molecule has 1 nitrogen and oxygen atoms in total. The maximum absolute atomic E-state index is 3.48. The molecule has 0 heterocycles. The highest BCUT2D eigenvalue weighted by atomic mass is 14.8. The predicted octanol–water partition coefficient (Wildman–Crippen LogP) is 5.11. The number of hydrogen-bond donors (Lipinski definition) is 1. The molecule has 0 aliphatic carbocycles. The molecule has 2 aromatic carbocycles. The van der Waals surface area contributed by atoms with E-state index in [-0.39, 0.29) is 0 Å². The van der Waals surface area contributed by atoms with E-state index in [9.17, 15) is 0 Å². The molecule has 0 spiro atoms. The summed E-state index contributed by atoms with van der Waals surface area (Å²) < 4.78 is 0. The van der Waals surface area contributed by atoms with Gasteiger partial charge in [0.15, 0.2) is 0 Å². The second-order valence-corrected chi connectivity index (χ2v) is 5.77. The first-order valence-corrected chi connectivity index (χ1v) is 8.14. The molecule has 0 radical (unpaired) electrons. The maximum atomic E-state index is 3.48. The van der Waals surface area contributed by atoms with Crippen LogP contribution in [0, 0.1) is 6.92 Å². The summed E-state index contributed by atoms with van der Waals surface area (Å²) in [6.07, 6.45) is 3.55. The van der Waals surface area contributed by atoms with E-state index >= 15 is 0 Å². The van der Waals surface area contributed by atoms with E-state index in [1.807, 2.05) is 0 Å². The van der Waals surface area contributed by atoms with Crippen LogP contribution in [0.15, 0.2) is 42.5 Å². The Labute approximate surface area is 129 Å². The van der Waals surface area contributed by atoms with E-state index < -0.39 is 0 Å². The number of hydrogen-bond acceptors (Lipinski definition) is 1. The summed E-state index contributed by atoms with van der Waals surface area (Å²) in [7, 11) is 0. The average Bonchev–Trinajstić information content (AvgIpc) is 2.50. The lowest BCUT2D eigenvalue weighted by Gasteiger charge is -2.11. The summed E-state index contributed by atoms with van der Waals surface area (Å²) in [5.41, 5.74) is 6.82. The minimum absolute atomic E-state index is 0.953. The first-order chi connectivity index (χ1) is 10.2. The van der Waals surface area contributed by atoms with Crippen LogP contribution in [0.3, 0.4) is 0 Å². The largest absolute Gasteiger partial charge is 0.313 e. The zero-order valence-corrected chi connectivity index (χ0v) is 13.6. The number of aryl methyl sites for hydroxylation is 2. The summed E-state index contributed by atoms with van der Waals surface area (Å²) in [5, 5.41) is 3.48. The maximum Gasteiger partial charge on any atom is 0.0205 e. The molecule has 0 atom stereocenters. The van der Waals surface area contributed by atoms with Crippen LogP contribution in [-0.2, 0) is 13.0 Å². The molecule has 0 aliphatic rings. The van der Waals surface area contributed by atoms with Crippen LogP contribution < -0.4 is 5.32 Å². The summed E-state index contributed by atoms with van der Waals surface area (Å²) in [5.74, 6) is 0. The molecule has 0 aromatic heterocycles. The van der Waals surface area contributed by atoms with Crippen molar-refractivity contribution in [2.24, 2.45) is 0 Å². The Kier molecular flexibility index (Phi) is 6.01. The zero-order valence-electron chi connectivity index (χ0n) is 13.6. The van der Waals surface area contributed by atoms with Crippen LogP contribution in [0.4, 0.5) is 0 Å². The first-order valence-electron chi connectivity index (χ1n) is 8.14. The molecule has 1 heteroatoms. The van der Waals surface area contributed by atoms with Crippen molar-refractivity contribution in [2.45, 2.75) is 46.6 Å². The Morgan fingerprint density at radius 3 is 2.24 bits per heavy atom. The molecule has 0 unspecified atom stereocenters. The molecule has 0 fully saturated rings. The van der Waals surface area contributed by atoms with Crippen LogP contribution in [0.25, 0.3) is 11.1 Å². The second kappa shape index (κ2) is 7.99. The number of rotatable bonds is 7. The smallest absolute Gasteiger partial charge is 0.0205 e. The van der Waals surface area contributed by atoms with Gasteiger partial charge in [0.05, 0.1) is 0 Å².